The molecule has 2 N–H and O–H groups in total. The van der Waals surface area contributed by atoms with Crippen LogP contribution in [-0.4, -0.2) is 67.1 Å². The third-order valence-corrected chi connectivity index (χ3v) is 7.68. The lowest BCUT2D eigenvalue weighted by molar-refractivity contribution is -0.115. The number of likely N-dealkylation sites (N-methyl/N-ethyl adjacent to an activating group) is 1. The summed E-state index contributed by atoms with van der Waals surface area (Å²) in [5.41, 5.74) is 5.64. The standard InChI is InChI=1S/C33H39N5O2/c1-23(2)15-16-34-32(39)26-11-14-29-28(21-26)30(33(40)36-29)31(25-7-5-4-6-8-25)35-27-12-9-24(10-13-27)22-38-19-17-37(3)18-20-38/h4-14,21,23,30H,15-20,22H2,1-3H3,(H,34,39)(H,36,40). The number of fused-ring (bicyclic) bond motifs is 1. The number of amides is 2. The van der Waals surface area contributed by atoms with E-state index in [9.17, 15) is 9.59 Å². The molecule has 0 spiro atoms. The summed E-state index contributed by atoms with van der Waals surface area (Å²) in [6.07, 6.45) is 0.915. The van der Waals surface area contributed by atoms with Gasteiger partial charge in [-0.05, 0) is 66.4 Å². The Balaban J connectivity index is 1.42. The zero-order valence-corrected chi connectivity index (χ0v) is 23.7. The van der Waals surface area contributed by atoms with Crippen molar-refractivity contribution < 1.29 is 9.59 Å². The van der Waals surface area contributed by atoms with Crippen LogP contribution < -0.4 is 10.6 Å². The first-order chi connectivity index (χ1) is 19.4. The second-order valence-electron chi connectivity index (χ2n) is 11.3. The molecule has 2 aliphatic heterocycles. The second-order valence-corrected chi connectivity index (χ2v) is 11.3. The van der Waals surface area contributed by atoms with Gasteiger partial charge in [-0.15, -0.1) is 0 Å². The molecule has 0 saturated carbocycles. The molecule has 208 valence electrons. The zero-order chi connectivity index (χ0) is 28.1. The van der Waals surface area contributed by atoms with Crippen LogP contribution in [0.2, 0.25) is 0 Å². The van der Waals surface area contributed by atoms with E-state index in [1.54, 1.807) is 6.07 Å². The van der Waals surface area contributed by atoms with E-state index >= 15 is 0 Å². The predicted molar refractivity (Wildman–Crippen MR) is 161 cm³/mol. The van der Waals surface area contributed by atoms with E-state index in [-0.39, 0.29) is 11.8 Å². The molecular weight excluding hydrogens is 498 g/mol. The van der Waals surface area contributed by atoms with Gasteiger partial charge in [0.25, 0.3) is 5.91 Å². The maximum absolute atomic E-state index is 13.4. The summed E-state index contributed by atoms with van der Waals surface area (Å²) in [6.45, 7) is 10.1. The summed E-state index contributed by atoms with van der Waals surface area (Å²) in [4.78, 5) is 36.1. The number of hydrogen-bond donors (Lipinski definition) is 2. The molecule has 1 fully saturated rings. The summed E-state index contributed by atoms with van der Waals surface area (Å²) < 4.78 is 0. The molecule has 3 aromatic rings. The van der Waals surface area contributed by atoms with Gasteiger partial charge in [-0.1, -0.05) is 56.3 Å². The number of piperazine rings is 1. The van der Waals surface area contributed by atoms with Gasteiger partial charge < -0.3 is 15.5 Å². The van der Waals surface area contributed by atoms with E-state index in [1.165, 1.54) is 5.56 Å². The van der Waals surface area contributed by atoms with E-state index < -0.39 is 5.92 Å². The number of hydrogen-bond acceptors (Lipinski definition) is 5. The molecule has 1 saturated heterocycles. The highest BCUT2D eigenvalue weighted by atomic mass is 16.2. The maximum Gasteiger partial charge on any atom is 0.251 e. The maximum atomic E-state index is 13.4. The van der Waals surface area contributed by atoms with E-state index in [2.05, 4.69) is 53.5 Å². The minimum Gasteiger partial charge on any atom is -0.352 e. The van der Waals surface area contributed by atoms with Crippen molar-refractivity contribution in [1.82, 2.24) is 15.1 Å². The van der Waals surface area contributed by atoms with Crippen LogP contribution in [-0.2, 0) is 11.3 Å². The van der Waals surface area contributed by atoms with Crippen LogP contribution >= 0.6 is 0 Å². The highest BCUT2D eigenvalue weighted by Gasteiger charge is 2.36. The average molecular weight is 538 g/mol. The van der Waals surface area contributed by atoms with E-state index in [0.29, 0.717) is 23.7 Å². The van der Waals surface area contributed by atoms with E-state index in [1.807, 2.05) is 54.6 Å². The monoisotopic (exact) mass is 537 g/mol. The van der Waals surface area contributed by atoms with Crippen molar-refractivity contribution in [2.75, 3.05) is 45.1 Å². The van der Waals surface area contributed by atoms with Crippen LogP contribution in [0.4, 0.5) is 11.4 Å². The van der Waals surface area contributed by atoms with Crippen LogP contribution in [0.3, 0.4) is 0 Å². The van der Waals surface area contributed by atoms with Gasteiger partial charge in [0.05, 0.1) is 11.4 Å². The second kappa shape index (κ2) is 12.6. The van der Waals surface area contributed by atoms with Crippen molar-refractivity contribution in [1.29, 1.82) is 0 Å². The highest BCUT2D eigenvalue weighted by molar-refractivity contribution is 6.24. The van der Waals surface area contributed by atoms with Gasteiger partial charge in [0.2, 0.25) is 5.91 Å². The molecule has 2 amide bonds. The van der Waals surface area contributed by atoms with Crippen molar-refractivity contribution >= 4 is 28.9 Å². The Morgan fingerprint density at radius 2 is 1.70 bits per heavy atom. The van der Waals surface area contributed by atoms with Crippen LogP contribution in [0.15, 0.2) is 77.8 Å². The highest BCUT2D eigenvalue weighted by Crippen LogP contribution is 2.37. The fraction of sp³-hybridized carbons (Fsp3) is 0.364. The largest absolute Gasteiger partial charge is 0.352 e. The van der Waals surface area contributed by atoms with Crippen molar-refractivity contribution in [2.24, 2.45) is 10.9 Å². The van der Waals surface area contributed by atoms with Crippen molar-refractivity contribution in [3.05, 3.63) is 95.1 Å². The summed E-state index contributed by atoms with van der Waals surface area (Å²) in [6, 6.07) is 23.6. The van der Waals surface area contributed by atoms with Crippen LogP contribution in [0.25, 0.3) is 0 Å². The van der Waals surface area contributed by atoms with Gasteiger partial charge in [-0.3, -0.25) is 19.5 Å². The first-order valence-corrected chi connectivity index (χ1v) is 14.2. The number of aliphatic imine (C=N–C) groups is 1. The first kappa shape index (κ1) is 27.7. The minimum absolute atomic E-state index is 0.129. The normalized spacial score (nSPS) is 18.1. The lowest BCUT2D eigenvalue weighted by Crippen LogP contribution is -2.43. The summed E-state index contributed by atoms with van der Waals surface area (Å²) in [5.74, 6) is -0.375. The first-order valence-electron chi connectivity index (χ1n) is 14.2. The van der Waals surface area contributed by atoms with Crippen molar-refractivity contribution in [3.63, 3.8) is 0 Å². The molecule has 1 unspecified atom stereocenters. The molecule has 7 heteroatoms. The minimum atomic E-state index is -0.620. The molecule has 2 aliphatic rings. The number of rotatable bonds is 9. The molecule has 5 rings (SSSR count). The van der Waals surface area contributed by atoms with Gasteiger partial charge in [0.15, 0.2) is 0 Å². The molecular formula is C33H39N5O2. The Kier molecular flexibility index (Phi) is 8.72. The van der Waals surface area contributed by atoms with Gasteiger partial charge in [-0.25, -0.2) is 0 Å². The Morgan fingerprint density at radius 3 is 2.40 bits per heavy atom. The number of carbonyl (C=O) groups excluding carboxylic acids is 2. The Morgan fingerprint density at radius 1 is 0.975 bits per heavy atom. The molecule has 0 bridgehead atoms. The van der Waals surface area contributed by atoms with Gasteiger partial charge in [-0.2, -0.15) is 0 Å². The topological polar surface area (TPSA) is 77.0 Å². The molecule has 0 aromatic heterocycles. The van der Waals surface area contributed by atoms with Crippen molar-refractivity contribution in [2.45, 2.75) is 32.7 Å². The van der Waals surface area contributed by atoms with Gasteiger partial charge in [0.1, 0.15) is 5.92 Å². The van der Waals surface area contributed by atoms with Crippen LogP contribution in [0.1, 0.15) is 53.2 Å². The quantitative estimate of drug-likeness (QED) is 0.374. The fourth-order valence-electron chi connectivity index (χ4n) is 5.23. The zero-order valence-electron chi connectivity index (χ0n) is 23.7. The number of nitrogens with zero attached hydrogens (tertiary/aromatic N) is 3. The van der Waals surface area contributed by atoms with Crippen LogP contribution in [0, 0.1) is 5.92 Å². The fourth-order valence-corrected chi connectivity index (χ4v) is 5.23. The van der Waals surface area contributed by atoms with Crippen LogP contribution in [0.5, 0.6) is 0 Å². The van der Waals surface area contributed by atoms with Gasteiger partial charge >= 0.3 is 0 Å². The number of anilines is 1. The predicted octanol–water partition coefficient (Wildman–Crippen LogP) is 5.07. The molecule has 0 radical (unpaired) electrons. The molecule has 3 aromatic carbocycles. The Labute approximate surface area is 237 Å². The lowest BCUT2D eigenvalue weighted by atomic mass is 9.89. The Hall–Kier alpha value is -3.81. The average Bonchev–Trinajstić information content (AvgIpc) is 3.28. The molecule has 40 heavy (non-hydrogen) atoms. The number of nitrogens with one attached hydrogen (secondary N) is 2. The third kappa shape index (κ3) is 6.66. The smallest absolute Gasteiger partial charge is 0.251 e. The summed E-state index contributed by atoms with van der Waals surface area (Å²) in [5, 5.41) is 6.01. The lowest BCUT2D eigenvalue weighted by Gasteiger charge is -2.32. The third-order valence-electron chi connectivity index (χ3n) is 7.68. The van der Waals surface area contributed by atoms with Crippen molar-refractivity contribution in [3.8, 4) is 0 Å². The summed E-state index contributed by atoms with van der Waals surface area (Å²) >= 11 is 0. The number of carbonyl (C=O) groups is 2. The number of benzene rings is 3. The molecule has 7 nitrogen and oxygen atoms in total. The molecule has 1 atom stereocenters. The Bertz CT molecular complexity index is 1360. The van der Waals surface area contributed by atoms with E-state index in [4.69, 9.17) is 4.99 Å². The SMILES string of the molecule is CC(C)CCNC(=O)c1ccc2c(c1)C(C(=Nc1ccc(CN3CCN(C)CC3)cc1)c1ccccc1)C(=O)N2. The van der Waals surface area contributed by atoms with E-state index in [0.717, 1.165) is 61.6 Å². The molecule has 2 heterocycles. The molecule has 0 aliphatic carbocycles. The van der Waals surface area contributed by atoms with Gasteiger partial charge in [0, 0.05) is 50.5 Å². The summed E-state index contributed by atoms with van der Waals surface area (Å²) in [7, 11) is 2.17.